The lowest BCUT2D eigenvalue weighted by atomic mass is 10.0. The summed E-state index contributed by atoms with van der Waals surface area (Å²) in [6.07, 6.45) is 12.9. The molecular weight excluding hydrogens is 398 g/mol. The van der Waals surface area contributed by atoms with E-state index < -0.39 is 6.04 Å². The fourth-order valence-corrected chi connectivity index (χ4v) is 3.65. The number of hydrogen-bond donors (Lipinski definition) is 1. The van der Waals surface area contributed by atoms with Gasteiger partial charge in [-0.3, -0.25) is 4.79 Å². The smallest absolute Gasteiger partial charge is 0.328 e. The van der Waals surface area contributed by atoms with Gasteiger partial charge in [0.05, 0.1) is 17.2 Å². The Morgan fingerprint density at radius 1 is 0.933 bits per heavy atom. The fourth-order valence-electron chi connectivity index (χ4n) is 3.43. The monoisotopic (exact) mass is 437 g/mol. The number of carbonyl (C=O) groups excluding carboxylic acids is 2. The molecule has 0 aliphatic rings. The maximum absolute atomic E-state index is 12.5. The quantitative estimate of drug-likeness (QED) is 0.225. The highest BCUT2D eigenvalue weighted by atomic mass is 35.5. The van der Waals surface area contributed by atoms with Crippen LogP contribution in [0.5, 0.6) is 0 Å². The van der Waals surface area contributed by atoms with Gasteiger partial charge < -0.3 is 10.1 Å². The SMILES string of the molecule is CCCCCCCCCCCCOC(=O)C(CC(C)C)NC(=O)c1ccccc1Cl. The predicted octanol–water partition coefficient (Wildman–Crippen LogP) is 6.95. The van der Waals surface area contributed by atoms with Gasteiger partial charge in [-0.15, -0.1) is 0 Å². The van der Waals surface area contributed by atoms with Crippen LogP contribution in [0.1, 0.15) is 102 Å². The Balaban J connectivity index is 2.29. The first-order chi connectivity index (χ1) is 14.5. The first kappa shape index (κ1) is 26.5. The molecule has 170 valence electrons. The normalized spacial score (nSPS) is 12.0. The average Bonchev–Trinajstić information content (AvgIpc) is 2.71. The Labute approximate surface area is 188 Å². The van der Waals surface area contributed by atoms with Gasteiger partial charge in [0.1, 0.15) is 6.04 Å². The molecule has 0 aliphatic heterocycles. The van der Waals surface area contributed by atoms with Crippen LogP contribution in [0.2, 0.25) is 5.02 Å². The van der Waals surface area contributed by atoms with Gasteiger partial charge in [0.2, 0.25) is 0 Å². The van der Waals surface area contributed by atoms with Crippen LogP contribution >= 0.6 is 11.6 Å². The van der Waals surface area contributed by atoms with Crippen LogP contribution in [0.15, 0.2) is 24.3 Å². The Hall–Kier alpha value is -1.55. The fraction of sp³-hybridized carbons (Fsp3) is 0.680. The van der Waals surface area contributed by atoms with E-state index in [0.29, 0.717) is 23.6 Å². The number of carbonyl (C=O) groups is 2. The molecular formula is C25H40ClNO3. The first-order valence-electron chi connectivity index (χ1n) is 11.7. The summed E-state index contributed by atoms with van der Waals surface area (Å²) in [7, 11) is 0. The largest absolute Gasteiger partial charge is 0.464 e. The van der Waals surface area contributed by atoms with Gasteiger partial charge in [0, 0.05) is 0 Å². The molecule has 0 heterocycles. The molecule has 1 aromatic carbocycles. The zero-order chi connectivity index (χ0) is 22.2. The Morgan fingerprint density at radius 3 is 2.07 bits per heavy atom. The Bertz CT molecular complexity index is 618. The van der Waals surface area contributed by atoms with Gasteiger partial charge in [-0.05, 0) is 30.9 Å². The zero-order valence-corrected chi connectivity index (χ0v) is 19.8. The van der Waals surface area contributed by atoms with E-state index >= 15 is 0 Å². The van der Waals surface area contributed by atoms with Crippen molar-refractivity contribution in [3.8, 4) is 0 Å². The standard InChI is InChI=1S/C25H40ClNO3/c1-4-5-6-7-8-9-10-11-12-15-18-30-25(29)23(19-20(2)3)27-24(28)21-16-13-14-17-22(21)26/h13-14,16-17,20,23H,4-12,15,18-19H2,1-3H3,(H,27,28). The molecule has 0 fully saturated rings. The van der Waals surface area contributed by atoms with Crippen molar-refractivity contribution in [1.29, 1.82) is 0 Å². The number of unbranched alkanes of at least 4 members (excludes halogenated alkanes) is 9. The number of benzene rings is 1. The molecule has 1 aromatic rings. The van der Waals surface area contributed by atoms with E-state index in [-0.39, 0.29) is 17.8 Å². The second-order valence-corrected chi connectivity index (χ2v) is 8.89. The highest BCUT2D eigenvalue weighted by Gasteiger charge is 2.24. The highest BCUT2D eigenvalue weighted by molar-refractivity contribution is 6.33. The van der Waals surface area contributed by atoms with E-state index in [1.807, 2.05) is 13.8 Å². The van der Waals surface area contributed by atoms with Crippen molar-refractivity contribution in [2.75, 3.05) is 6.61 Å². The summed E-state index contributed by atoms with van der Waals surface area (Å²) in [4.78, 5) is 25.0. The summed E-state index contributed by atoms with van der Waals surface area (Å²) in [5, 5.41) is 3.17. The van der Waals surface area contributed by atoms with Crippen molar-refractivity contribution in [3.05, 3.63) is 34.9 Å². The molecule has 1 N–H and O–H groups in total. The average molecular weight is 438 g/mol. The molecule has 0 bridgehead atoms. The third kappa shape index (κ3) is 11.6. The molecule has 0 radical (unpaired) electrons. The summed E-state index contributed by atoms with van der Waals surface area (Å²) in [5.74, 6) is -0.450. The van der Waals surface area contributed by atoms with E-state index in [1.165, 1.54) is 51.4 Å². The van der Waals surface area contributed by atoms with Gasteiger partial charge in [0.15, 0.2) is 0 Å². The van der Waals surface area contributed by atoms with Crippen molar-refractivity contribution < 1.29 is 14.3 Å². The summed E-state index contributed by atoms with van der Waals surface area (Å²) in [6.45, 7) is 6.69. The maximum atomic E-state index is 12.5. The van der Waals surface area contributed by atoms with Crippen molar-refractivity contribution in [2.24, 2.45) is 5.92 Å². The van der Waals surface area contributed by atoms with Crippen LogP contribution < -0.4 is 5.32 Å². The molecule has 1 rings (SSSR count). The second kappa shape index (κ2) is 16.2. The lowest BCUT2D eigenvalue weighted by Gasteiger charge is -2.19. The number of halogens is 1. The van der Waals surface area contributed by atoms with Crippen molar-refractivity contribution in [3.63, 3.8) is 0 Å². The number of esters is 1. The number of amides is 1. The molecule has 0 saturated heterocycles. The molecule has 0 aromatic heterocycles. The van der Waals surface area contributed by atoms with E-state index in [1.54, 1.807) is 24.3 Å². The predicted molar refractivity (Wildman–Crippen MR) is 125 cm³/mol. The van der Waals surface area contributed by atoms with Gasteiger partial charge in [0.25, 0.3) is 5.91 Å². The molecule has 1 atom stereocenters. The van der Waals surface area contributed by atoms with Crippen molar-refractivity contribution in [2.45, 2.75) is 97.4 Å². The summed E-state index contributed by atoms with van der Waals surface area (Å²) >= 11 is 6.10. The van der Waals surface area contributed by atoms with E-state index in [2.05, 4.69) is 12.2 Å². The molecule has 30 heavy (non-hydrogen) atoms. The molecule has 0 aliphatic carbocycles. The van der Waals surface area contributed by atoms with Crippen LogP contribution in [0.25, 0.3) is 0 Å². The number of hydrogen-bond acceptors (Lipinski definition) is 3. The Morgan fingerprint density at radius 2 is 1.50 bits per heavy atom. The topological polar surface area (TPSA) is 55.4 Å². The van der Waals surface area contributed by atoms with E-state index in [4.69, 9.17) is 16.3 Å². The van der Waals surface area contributed by atoms with E-state index in [9.17, 15) is 9.59 Å². The summed E-state index contributed by atoms with van der Waals surface area (Å²) in [6, 6.07) is 6.18. The summed E-state index contributed by atoms with van der Waals surface area (Å²) < 4.78 is 5.46. The minimum absolute atomic E-state index is 0.256. The highest BCUT2D eigenvalue weighted by Crippen LogP contribution is 2.16. The molecule has 0 saturated carbocycles. The van der Waals surface area contributed by atoms with Crippen molar-refractivity contribution >= 4 is 23.5 Å². The number of nitrogens with one attached hydrogen (secondary N) is 1. The van der Waals surface area contributed by atoms with Gasteiger partial charge >= 0.3 is 5.97 Å². The maximum Gasteiger partial charge on any atom is 0.328 e. The molecule has 1 unspecified atom stereocenters. The second-order valence-electron chi connectivity index (χ2n) is 8.48. The van der Waals surface area contributed by atoms with Gasteiger partial charge in [-0.25, -0.2) is 4.79 Å². The Kier molecular flexibility index (Phi) is 14.3. The van der Waals surface area contributed by atoms with E-state index in [0.717, 1.165) is 12.8 Å². The molecule has 0 spiro atoms. The molecule has 4 nitrogen and oxygen atoms in total. The van der Waals surface area contributed by atoms with Crippen LogP contribution in [-0.4, -0.2) is 24.5 Å². The lowest BCUT2D eigenvalue weighted by Crippen LogP contribution is -2.42. The minimum Gasteiger partial charge on any atom is -0.464 e. The molecule has 1 amide bonds. The van der Waals surface area contributed by atoms with Crippen LogP contribution in [0, 0.1) is 5.92 Å². The third-order valence-electron chi connectivity index (χ3n) is 5.16. The molecule has 5 heteroatoms. The third-order valence-corrected chi connectivity index (χ3v) is 5.49. The lowest BCUT2D eigenvalue weighted by molar-refractivity contribution is -0.146. The minimum atomic E-state index is -0.656. The number of ether oxygens (including phenoxy) is 1. The van der Waals surface area contributed by atoms with Crippen LogP contribution in [0.3, 0.4) is 0 Å². The summed E-state index contributed by atoms with van der Waals surface area (Å²) in [5.41, 5.74) is 0.371. The van der Waals surface area contributed by atoms with Crippen LogP contribution in [-0.2, 0) is 9.53 Å². The first-order valence-corrected chi connectivity index (χ1v) is 12.1. The van der Waals surface area contributed by atoms with Crippen molar-refractivity contribution in [1.82, 2.24) is 5.32 Å². The van der Waals surface area contributed by atoms with Gasteiger partial charge in [-0.1, -0.05) is 102 Å². The number of rotatable bonds is 16. The van der Waals surface area contributed by atoms with Gasteiger partial charge in [-0.2, -0.15) is 0 Å². The van der Waals surface area contributed by atoms with Crippen LogP contribution in [0.4, 0.5) is 0 Å². The zero-order valence-electron chi connectivity index (χ0n) is 19.1.